The van der Waals surface area contributed by atoms with E-state index in [-0.39, 0.29) is 24.1 Å². The first-order valence-electron chi connectivity index (χ1n) is 11.3. The maximum atomic E-state index is 13.6. The van der Waals surface area contributed by atoms with Crippen molar-refractivity contribution in [2.24, 2.45) is 0 Å². The van der Waals surface area contributed by atoms with Crippen LogP contribution in [-0.2, 0) is 22.6 Å². The lowest BCUT2D eigenvalue weighted by atomic mass is 10.0. The maximum Gasteiger partial charge on any atom is 0.243 e. The van der Waals surface area contributed by atoms with Crippen molar-refractivity contribution in [1.82, 2.24) is 10.2 Å². The first-order chi connectivity index (χ1) is 16.9. The molecule has 0 aliphatic heterocycles. The zero-order chi connectivity index (χ0) is 25.2. The molecule has 0 radical (unpaired) electrons. The van der Waals surface area contributed by atoms with Gasteiger partial charge in [0.1, 0.15) is 6.04 Å². The Labute approximate surface area is 225 Å². The van der Waals surface area contributed by atoms with Crippen LogP contribution in [0.15, 0.2) is 77.7 Å². The molecule has 3 aromatic rings. The van der Waals surface area contributed by atoms with Crippen molar-refractivity contribution in [1.29, 1.82) is 0 Å². The summed E-state index contributed by atoms with van der Waals surface area (Å²) in [6.07, 6.45) is 1.16. The van der Waals surface area contributed by atoms with Gasteiger partial charge in [-0.3, -0.25) is 9.59 Å². The van der Waals surface area contributed by atoms with Crippen LogP contribution in [0.3, 0.4) is 0 Å². The maximum absolute atomic E-state index is 13.6. The molecule has 0 aliphatic carbocycles. The van der Waals surface area contributed by atoms with Gasteiger partial charge in [0.15, 0.2) is 0 Å². The highest BCUT2D eigenvalue weighted by atomic mass is 35.5. The number of carbonyl (C=O) groups is 2. The van der Waals surface area contributed by atoms with E-state index in [4.69, 9.17) is 34.8 Å². The lowest BCUT2D eigenvalue weighted by Crippen LogP contribution is -2.51. The third-order valence-corrected chi connectivity index (χ3v) is 7.34. The number of nitrogens with one attached hydrogen (secondary N) is 1. The number of hydrogen-bond donors (Lipinski definition) is 1. The van der Waals surface area contributed by atoms with Crippen LogP contribution in [0.1, 0.15) is 24.5 Å². The molecule has 3 aromatic carbocycles. The minimum atomic E-state index is -0.727. The smallest absolute Gasteiger partial charge is 0.243 e. The number of amides is 2. The lowest BCUT2D eigenvalue weighted by molar-refractivity contribution is -0.139. The second kappa shape index (κ2) is 13.8. The summed E-state index contributed by atoms with van der Waals surface area (Å²) in [6.45, 7) is 2.63. The van der Waals surface area contributed by atoms with Crippen LogP contribution in [0.2, 0.25) is 15.1 Å². The standard InChI is InChI=1S/C27H27Cl3N2O2S/c1-2-15-31-27(34)25(16-19-7-4-3-5-8-19)32(17-22-23(29)9-6-10-24(22)30)26(33)18-35-21-13-11-20(28)12-14-21/h3-14,25H,2,15-18H2,1H3,(H,31,34). The zero-order valence-electron chi connectivity index (χ0n) is 19.3. The summed E-state index contributed by atoms with van der Waals surface area (Å²) in [5, 5.41) is 4.50. The largest absolute Gasteiger partial charge is 0.354 e. The molecule has 0 saturated heterocycles. The molecule has 1 N–H and O–H groups in total. The molecule has 184 valence electrons. The minimum Gasteiger partial charge on any atom is -0.354 e. The van der Waals surface area contributed by atoms with Crippen molar-refractivity contribution in [3.8, 4) is 0 Å². The fraction of sp³-hybridized carbons (Fsp3) is 0.259. The van der Waals surface area contributed by atoms with Gasteiger partial charge in [0.05, 0.1) is 5.75 Å². The normalized spacial score (nSPS) is 11.7. The number of hydrogen-bond acceptors (Lipinski definition) is 3. The zero-order valence-corrected chi connectivity index (χ0v) is 22.4. The van der Waals surface area contributed by atoms with Gasteiger partial charge in [-0.05, 0) is 48.4 Å². The van der Waals surface area contributed by atoms with E-state index >= 15 is 0 Å². The number of halogens is 3. The second-order valence-corrected chi connectivity index (χ2v) is 10.3. The molecular weight excluding hydrogens is 523 g/mol. The highest BCUT2D eigenvalue weighted by Crippen LogP contribution is 2.28. The van der Waals surface area contributed by atoms with Gasteiger partial charge in [-0.15, -0.1) is 11.8 Å². The summed E-state index contributed by atoms with van der Waals surface area (Å²) in [4.78, 5) is 29.5. The molecule has 0 saturated carbocycles. The number of thioether (sulfide) groups is 1. The average Bonchev–Trinajstić information content (AvgIpc) is 2.86. The van der Waals surface area contributed by atoms with Crippen LogP contribution in [0.5, 0.6) is 0 Å². The molecule has 1 atom stereocenters. The van der Waals surface area contributed by atoms with Crippen LogP contribution >= 0.6 is 46.6 Å². The van der Waals surface area contributed by atoms with Crippen molar-refractivity contribution in [3.05, 3.63) is 99.0 Å². The summed E-state index contributed by atoms with van der Waals surface area (Å²) in [5.41, 5.74) is 1.57. The fourth-order valence-electron chi connectivity index (χ4n) is 3.53. The van der Waals surface area contributed by atoms with Crippen LogP contribution in [0.25, 0.3) is 0 Å². The molecule has 0 heterocycles. The van der Waals surface area contributed by atoms with Gasteiger partial charge in [0.2, 0.25) is 11.8 Å². The highest BCUT2D eigenvalue weighted by Gasteiger charge is 2.31. The first kappa shape index (κ1) is 27.4. The summed E-state index contributed by atoms with van der Waals surface area (Å²) >= 11 is 20.3. The molecule has 3 rings (SSSR count). The topological polar surface area (TPSA) is 49.4 Å². The van der Waals surface area contributed by atoms with Gasteiger partial charge in [-0.25, -0.2) is 0 Å². The van der Waals surface area contributed by atoms with Crippen molar-refractivity contribution >= 4 is 58.4 Å². The predicted molar refractivity (Wildman–Crippen MR) is 146 cm³/mol. The highest BCUT2D eigenvalue weighted by molar-refractivity contribution is 8.00. The summed E-state index contributed by atoms with van der Waals surface area (Å²) in [7, 11) is 0. The quantitative estimate of drug-likeness (QED) is 0.265. The van der Waals surface area contributed by atoms with Crippen LogP contribution in [0.4, 0.5) is 0 Å². The van der Waals surface area contributed by atoms with Crippen molar-refractivity contribution in [2.75, 3.05) is 12.3 Å². The van der Waals surface area contributed by atoms with Gasteiger partial charge < -0.3 is 10.2 Å². The third kappa shape index (κ3) is 8.18. The minimum absolute atomic E-state index is 0.121. The predicted octanol–water partition coefficient (Wildman–Crippen LogP) is 6.91. The van der Waals surface area contributed by atoms with E-state index in [0.717, 1.165) is 16.9 Å². The molecule has 2 amide bonds. The average molecular weight is 550 g/mol. The Bertz CT molecular complexity index is 1110. The Balaban J connectivity index is 1.93. The Hall–Kier alpha value is -2.18. The fourth-order valence-corrected chi connectivity index (χ4v) is 4.96. The monoisotopic (exact) mass is 548 g/mol. The Kier molecular flexibility index (Phi) is 10.8. The van der Waals surface area contributed by atoms with Gasteiger partial charge in [-0.1, -0.05) is 78.1 Å². The second-order valence-electron chi connectivity index (χ2n) is 7.96. The van der Waals surface area contributed by atoms with Crippen molar-refractivity contribution < 1.29 is 9.59 Å². The summed E-state index contributed by atoms with van der Waals surface area (Å²) < 4.78 is 0. The molecule has 4 nitrogen and oxygen atoms in total. The molecule has 35 heavy (non-hydrogen) atoms. The van der Waals surface area contributed by atoms with E-state index in [9.17, 15) is 9.59 Å². The third-order valence-electron chi connectivity index (χ3n) is 5.39. The van der Waals surface area contributed by atoms with E-state index in [2.05, 4.69) is 5.32 Å². The first-order valence-corrected chi connectivity index (χ1v) is 13.4. The van der Waals surface area contributed by atoms with Crippen molar-refractivity contribution in [2.45, 2.75) is 37.2 Å². The molecule has 0 spiro atoms. The van der Waals surface area contributed by atoms with Crippen LogP contribution in [0, 0.1) is 0 Å². The van der Waals surface area contributed by atoms with Gasteiger partial charge >= 0.3 is 0 Å². The van der Waals surface area contributed by atoms with Gasteiger partial charge in [-0.2, -0.15) is 0 Å². The Morgan fingerprint density at radius 3 is 2.20 bits per heavy atom. The van der Waals surface area contributed by atoms with Gasteiger partial charge in [0, 0.05) is 45.0 Å². The Morgan fingerprint density at radius 1 is 0.914 bits per heavy atom. The molecule has 0 bridgehead atoms. The van der Waals surface area contributed by atoms with Gasteiger partial charge in [0.25, 0.3) is 0 Å². The molecule has 8 heteroatoms. The Morgan fingerprint density at radius 2 is 1.57 bits per heavy atom. The molecule has 0 aliphatic rings. The van der Waals surface area contributed by atoms with E-state index in [0.29, 0.717) is 33.6 Å². The summed E-state index contributed by atoms with van der Waals surface area (Å²) in [5.74, 6) is -0.243. The number of carbonyl (C=O) groups excluding carboxylic acids is 2. The lowest BCUT2D eigenvalue weighted by Gasteiger charge is -2.32. The van der Waals surface area contributed by atoms with E-state index in [1.165, 1.54) is 11.8 Å². The molecule has 0 fully saturated rings. The van der Waals surface area contributed by atoms with E-state index in [1.54, 1.807) is 35.2 Å². The number of rotatable bonds is 11. The molecule has 1 unspecified atom stereocenters. The van der Waals surface area contributed by atoms with E-state index in [1.807, 2.05) is 49.4 Å². The van der Waals surface area contributed by atoms with Crippen LogP contribution in [-0.4, -0.2) is 35.1 Å². The van der Waals surface area contributed by atoms with Crippen LogP contribution < -0.4 is 5.32 Å². The van der Waals surface area contributed by atoms with E-state index < -0.39 is 6.04 Å². The number of benzene rings is 3. The van der Waals surface area contributed by atoms with Crippen molar-refractivity contribution in [3.63, 3.8) is 0 Å². The SMILES string of the molecule is CCCNC(=O)C(Cc1ccccc1)N(Cc1c(Cl)cccc1Cl)C(=O)CSc1ccc(Cl)cc1. The molecular formula is C27H27Cl3N2O2S. The molecule has 0 aromatic heterocycles. The summed E-state index contributed by atoms with van der Waals surface area (Å²) in [6, 6.07) is 21.5. The number of nitrogens with zero attached hydrogens (tertiary/aromatic N) is 1.